The quantitative estimate of drug-likeness (QED) is 0.694. The molecule has 9 heteroatoms. The van der Waals surface area contributed by atoms with Crippen molar-refractivity contribution in [3.05, 3.63) is 60.0 Å². The molecule has 0 saturated carbocycles. The molecule has 2 amide bonds. The number of halogens is 1. The van der Waals surface area contributed by atoms with Gasteiger partial charge in [0, 0.05) is 17.8 Å². The van der Waals surface area contributed by atoms with Crippen LogP contribution in [0, 0.1) is 0 Å². The average molecular weight is 371 g/mol. The van der Waals surface area contributed by atoms with E-state index >= 15 is 0 Å². The molecule has 1 aromatic carbocycles. The fraction of sp³-hybridized carbons (Fsp3) is 0.118. The summed E-state index contributed by atoms with van der Waals surface area (Å²) in [6, 6.07) is 10.2. The van der Waals surface area contributed by atoms with Crippen LogP contribution >= 0.6 is 12.4 Å². The van der Waals surface area contributed by atoms with Gasteiger partial charge in [0.25, 0.3) is 5.91 Å². The van der Waals surface area contributed by atoms with E-state index in [-0.39, 0.29) is 24.6 Å². The van der Waals surface area contributed by atoms with Crippen molar-refractivity contribution in [2.45, 2.75) is 12.6 Å². The maximum Gasteiger partial charge on any atom is 0.281 e. The van der Waals surface area contributed by atoms with Crippen LogP contribution in [0.25, 0.3) is 10.9 Å². The first-order chi connectivity index (χ1) is 12.1. The number of nitrogens with one attached hydrogen (secondary N) is 1. The first-order valence-electron chi connectivity index (χ1n) is 7.68. The number of para-hydroxylation sites is 1. The molecule has 3 N–H and O–H groups in total. The summed E-state index contributed by atoms with van der Waals surface area (Å²) in [6.07, 6.45) is 3.03. The predicted octanol–water partition coefficient (Wildman–Crippen LogP) is 0.874. The summed E-state index contributed by atoms with van der Waals surface area (Å²) >= 11 is 0. The molecule has 3 aromatic rings. The highest BCUT2D eigenvalue weighted by atomic mass is 35.5. The number of aromatic nitrogens is 3. The highest BCUT2D eigenvalue weighted by Crippen LogP contribution is 2.25. The topological polar surface area (TPSA) is 115 Å². The highest BCUT2D eigenvalue weighted by molar-refractivity contribution is 5.95. The van der Waals surface area contributed by atoms with Gasteiger partial charge in [0.05, 0.1) is 17.6 Å². The number of hydrogen-bond acceptors (Lipinski definition) is 5. The number of carbonyl (C=O) groups is 2. The molecule has 0 bridgehead atoms. The molecule has 8 nitrogen and oxygen atoms in total. The van der Waals surface area contributed by atoms with Gasteiger partial charge in [-0.05, 0) is 24.3 Å². The Morgan fingerprint density at radius 1 is 1.23 bits per heavy atom. The van der Waals surface area contributed by atoms with Crippen molar-refractivity contribution in [1.29, 1.82) is 0 Å². The number of fused-ring (bicyclic) bond motifs is 3. The van der Waals surface area contributed by atoms with Gasteiger partial charge in [-0.15, -0.1) is 12.4 Å². The number of anilines is 1. The molecule has 1 atom stereocenters. The van der Waals surface area contributed by atoms with Crippen LogP contribution in [0.5, 0.6) is 0 Å². The summed E-state index contributed by atoms with van der Waals surface area (Å²) in [5.74, 6) is -0.252. The first-order valence-corrected chi connectivity index (χ1v) is 7.68. The standard InChI is InChI=1S/C17H14N6O2.ClH/c18-14(24)13-9-23-15(20-13)11-5-1-2-6-12(11)21-17(23)22-16(25)10-4-3-7-19-8-10;/h1-8,13,20H,9H2,(H2,18,24);1H. The Kier molecular flexibility index (Phi) is 4.68. The Morgan fingerprint density at radius 2 is 2.04 bits per heavy atom. The van der Waals surface area contributed by atoms with E-state index in [4.69, 9.17) is 5.73 Å². The Hall–Kier alpha value is -3.26. The van der Waals surface area contributed by atoms with E-state index in [9.17, 15) is 9.59 Å². The molecule has 1 aliphatic heterocycles. The third-order valence-corrected chi connectivity index (χ3v) is 4.02. The number of hydrogen-bond donors (Lipinski definition) is 2. The Labute approximate surface area is 154 Å². The molecule has 2 aromatic heterocycles. The molecule has 3 heterocycles. The van der Waals surface area contributed by atoms with Gasteiger partial charge >= 0.3 is 0 Å². The number of nitrogens with zero attached hydrogens (tertiary/aromatic N) is 4. The van der Waals surface area contributed by atoms with Gasteiger partial charge in [-0.3, -0.25) is 19.1 Å². The largest absolute Gasteiger partial charge is 0.368 e. The van der Waals surface area contributed by atoms with Gasteiger partial charge in [-0.25, -0.2) is 4.98 Å². The lowest BCUT2D eigenvalue weighted by molar-refractivity contribution is -0.118. The second-order valence-corrected chi connectivity index (χ2v) is 5.65. The third kappa shape index (κ3) is 3.02. The van der Waals surface area contributed by atoms with Gasteiger partial charge in [0.1, 0.15) is 11.9 Å². The summed E-state index contributed by atoms with van der Waals surface area (Å²) in [5.41, 5.74) is 6.68. The van der Waals surface area contributed by atoms with Crippen molar-refractivity contribution in [1.82, 2.24) is 14.5 Å². The fourth-order valence-electron chi connectivity index (χ4n) is 2.80. The molecule has 132 valence electrons. The van der Waals surface area contributed by atoms with E-state index in [1.807, 2.05) is 24.3 Å². The Bertz CT molecular complexity index is 1060. The molecular weight excluding hydrogens is 356 g/mol. The normalized spacial score (nSPS) is 15.8. The zero-order chi connectivity index (χ0) is 17.4. The van der Waals surface area contributed by atoms with Crippen molar-refractivity contribution in [2.24, 2.45) is 10.7 Å². The highest BCUT2D eigenvalue weighted by Gasteiger charge is 2.27. The van der Waals surface area contributed by atoms with E-state index in [0.29, 0.717) is 16.9 Å². The Balaban J connectivity index is 0.00000196. The van der Waals surface area contributed by atoms with Gasteiger partial charge in [-0.2, -0.15) is 4.99 Å². The predicted molar refractivity (Wildman–Crippen MR) is 97.7 cm³/mol. The van der Waals surface area contributed by atoms with Crippen LogP contribution < -0.4 is 16.7 Å². The van der Waals surface area contributed by atoms with E-state index in [1.54, 1.807) is 22.9 Å². The van der Waals surface area contributed by atoms with Crippen molar-refractivity contribution in [3.8, 4) is 0 Å². The van der Waals surface area contributed by atoms with E-state index in [1.165, 1.54) is 6.20 Å². The molecule has 4 rings (SSSR count). The lowest BCUT2D eigenvalue weighted by atomic mass is 10.2. The van der Waals surface area contributed by atoms with Gasteiger partial charge in [0.2, 0.25) is 11.5 Å². The molecule has 0 saturated heterocycles. The molecule has 0 fully saturated rings. The second-order valence-electron chi connectivity index (χ2n) is 5.65. The number of benzene rings is 1. The molecule has 0 radical (unpaired) electrons. The van der Waals surface area contributed by atoms with Crippen LogP contribution in [0.15, 0.2) is 53.8 Å². The Morgan fingerprint density at radius 3 is 2.77 bits per heavy atom. The van der Waals surface area contributed by atoms with Crippen LogP contribution in [-0.4, -0.2) is 32.4 Å². The van der Waals surface area contributed by atoms with E-state index in [2.05, 4.69) is 20.3 Å². The molecule has 26 heavy (non-hydrogen) atoms. The molecule has 0 spiro atoms. The number of amides is 2. The number of pyridine rings is 1. The van der Waals surface area contributed by atoms with Crippen molar-refractivity contribution in [2.75, 3.05) is 5.32 Å². The van der Waals surface area contributed by atoms with Crippen LogP contribution in [-0.2, 0) is 11.3 Å². The molecule has 0 aliphatic carbocycles. The van der Waals surface area contributed by atoms with E-state index in [0.717, 1.165) is 5.39 Å². The van der Waals surface area contributed by atoms with Gasteiger partial charge in [-0.1, -0.05) is 12.1 Å². The van der Waals surface area contributed by atoms with Crippen LogP contribution in [0.4, 0.5) is 5.82 Å². The summed E-state index contributed by atoms with van der Waals surface area (Å²) in [4.78, 5) is 36.5. The van der Waals surface area contributed by atoms with Crippen molar-refractivity contribution in [3.63, 3.8) is 0 Å². The summed E-state index contributed by atoms with van der Waals surface area (Å²) in [5, 5.41) is 3.93. The number of rotatable bonds is 2. The van der Waals surface area contributed by atoms with Gasteiger partial charge < -0.3 is 11.1 Å². The lowest BCUT2D eigenvalue weighted by Gasteiger charge is -2.07. The zero-order valence-electron chi connectivity index (χ0n) is 13.5. The third-order valence-electron chi connectivity index (χ3n) is 4.02. The molecule has 1 aliphatic rings. The number of carbonyl (C=O) groups excluding carboxylic acids is 2. The maximum absolute atomic E-state index is 12.4. The summed E-state index contributed by atoms with van der Waals surface area (Å²) < 4.78 is 1.70. The minimum absolute atomic E-state index is 0. The summed E-state index contributed by atoms with van der Waals surface area (Å²) in [7, 11) is 0. The smallest absolute Gasteiger partial charge is 0.281 e. The van der Waals surface area contributed by atoms with Gasteiger partial charge in [0.15, 0.2) is 0 Å². The summed E-state index contributed by atoms with van der Waals surface area (Å²) in [6.45, 7) is 0.266. The monoisotopic (exact) mass is 370 g/mol. The van der Waals surface area contributed by atoms with Crippen LogP contribution in [0.3, 0.4) is 0 Å². The first kappa shape index (κ1) is 17.6. The second kappa shape index (κ2) is 6.93. The fourth-order valence-corrected chi connectivity index (χ4v) is 2.80. The lowest BCUT2D eigenvalue weighted by Crippen LogP contribution is -2.35. The molecule has 1 unspecified atom stereocenters. The number of primary amides is 1. The van der Waals surface area contributed by atoms with Crippen LogP contribution in [0.2, 0.25) is 0 Å². The van der Waals surface area contributed by atoms with Crippen molar-refractivity contribution < 1.29 is 9.59 Å². The molecular formula is C17H15ClN6O2. The van der Waals surface area contributed by atoms with Crippen molar-refractivity contribution >= 4 is 40.9 Å². The zero-order valence-corrected chi connectivity index (χ0v) is 14.3. The average Bonchev–Trinajstić information content (AvgIpc) is 3.09. The van der Waals surface area contributed by atoms with E-state index < -0.39 is 17.9 Å². The minimum Gasteiger partial charge on any atom is -0.368 e. The maximum atomic E-state index is 12.4. The number of nitrogens with two attached hydrogens (primary N) is 1. The SMILES string of the molecule is Cl.NC(=O)C1Cn2c(c3ccccc3nc2=NC(=O)c2cccnc2)N1. The minimum atomic E-state index is -0.574. The van der Waals surface area contributed by atoms with Crippen LogP contribution in [0.1, 0.15) is 10.4 Å².